The van der Waals surface area contributed by atoms with Crippen LogP contribution in [0.3, 0.4) is 0 Å². The SMILES string of the molecule is COc1ccc(N2NOC(=O)/C2=C\C(=NC(=O)c2ccccc2)C(=O)NCc2cccnc2)cc1. The Morgan fingerprint density at radius 1 is 1.11 bits per heavy atom. The van der Waals surface area contributed by atoms with E-state index in [1.54, 1.807) is 79.1 Å². The maximum absolute atomic E-state index is 13.0. The van der Waals surface area contributed by atoms with Gasteiger partial charge in [0.25, 0.3) is 11.8 Å². The fourth-order valence-corrected chi connectivity index (χ4v) is 3.13. The summed E-state index contributed by atoms with van der Waals surface area (Å²) in [5.41, 5.74) is 3.77. The number of hydrazine groups is 1. The van der Waals surface area contributed by atoms with Gasteiger partial charge >= 0.3 is 5.97 Å². The summed E-state index contributed by atoms with van der Waals surface area (Å²) in [5.74, 6) is -1.42. The number of aromatic nitrogens is 1. The molecule has 0 aliphatic carbocycles. The number of rotatable bonds is 7. The molecule has 10 heteroatoms. The maximum atomic E-state index is 13.0. The summed E-state index contributed by atoms with van der Waals surface area (Å²) in [6.45, 7) is 0.152. The average Bonchev–Trinajstić information content (AvgIpc) is 3.27. The van der Waals surface area contributed by atoms with E-state index in [9.17, 15) is 14.4 Å². The minimum atomic E-state index is -0.749. The second-order valence-electron chi connectivity index (χ2n) is 7.26. The lowest BCUT2D eigenvalue weighted by molar-refractivity contribution is -0.140. The quantitative estimate of drug-likeness (QED) is 0.398. The molecule has 35 heavy (non-hydrogen) atoms. The van der Waals surface area contributed by atoms with Gasteiger partial charge in [0.2, 0.25) is 0 Å². The summed E-state index contributed by atoms with van der Waals surface area (Å²) in [4.78, 5) is 51.2. The highest BCUT2D eigenvalue weighted by atomic mass is 16.7. The first-order chi connectivity index (χ1) is 17.0. The molecule has 1 aliphatic rings. The highest BCUT2D eigenvalue weighted by Gasteiger charge is 2.30. The number of carbonyl (C=O) groups is 3. The maximum Gasteiger partial charge on any atom is 0.376 e. The van der Waals surface area contributed by atoms with Gasteiger partial charge in [-0.3, -0.25) is 14.6 Å². The number of methoxy groups -OCH3 is 1. The van der Waals surface area contributed by atoms with Crippen molar-refractivity contribution in [2.75, 3.05) is 12.1 Å². The first-order valence-electron chi connectivity index (χ1n) is 10.5. The lowest BCUT2D eigenvalue weighted by Gasteiger charge is -2.16. The Bertz CT molecular complexity index is 1270. The van der Waals surface area contributed by atoms with Gasteiger partial charge in [0.15, 0.2) is 5.70 Å². The molecule has 0 radical (unpaired) electrons. The van der Waals surface area contributed by atoms with Crippen molar-refractivity contribution < 1.29 is 24.0 Å². The van der Waals surface area contributed by atoms with Crippen molar-refractivity contribution >= 4 is 29.2 Å². The van der Waals surface area contributed by atoms with Gasteiger partial charge < -0.3 is 14.9 Å². The molecule has 1 aliphatic heterocycles. The lowest BCUT2D eigenvalue weighted by Crippen LogP contribution is -2.33. The van der Waals surface area contributed by atoms with Crippen LogP contribution in [0.25, 0.3) is 0 Å². The minimum absolute atomic E-state index is 0.0358. The molecule has 10 nitrogen and oxygen atoms in total. The number of anilines is 1. The molecule has 2 heterocycles. The number of nitrogens with zero attached hydrogens (tertiary/aromatic N) is 3. The number of aliphatic imine (C=N–C) groups is 1. The van der Waals surface area contributed by atoms with Crippen LogP contribution in [0.5, 0.6) is 5.75 Å². The predicted octanol–water partition coefficient (Wildman–Crippen LogP) is 2.35. The van der Waals surface area contributed by atoms with Crippen molar-refractivity contribution in [2.45, 2.75) is 6.54 Å². The topological polar surface area (TPSA) is 122 Å². The third kappa shape index (κ3) is 5.75. The first kappa shape index (κ1) is 23.3. The Morgan fingerprint density at radius 2 is 1.89 bits per heavy atom. The van der Waals surface area contributed by atoms with E-state index in [2.05, 4.69) is 20.9 Å². The van der Waals surface area contributed by atoms with Crippen LogP contribution in [0, 0.1) is 0 Å². The minimum Gasteiger partial charge on any atom is -0.497 e. The molecule has 1 saturated heterocycles. The molecular weight excluding hydrogens is 450 g/mol. The van der Waals surface area contributed by atoms with Crippen LogP contribution in [0.2, 0.25) is 0 Å². The van der Waals surface area contributed by atoms with Crippen LogP contribution in [0.4, 0.5) is 5.69 Å². The van der Waals surface area contributed by atoms with Gasteiger partial charge in [0.05, 0.1) is 12.8 Å². The summed E-state index contributed by atoms with van der Waals surface area (Å²) in [6, 6.07) is 18.6. The van der Waals surface area contributed by atoms with Gasteiger partial charge in [0, 0.05) is 30.6 Å². The lowest BCUT2D eigenvalue weighted by atomic mass is 10.2. The van der Waals surface area contributed by atoms with E-state index in [0.29, 0.717) is 17.0 Å². The predicted molar refractivity (Wildman–Crippen MR) is 127 cm³/mol. The van der Waals surface area contributed by atoms with E-state index >= 15 is 0 Å². The summed E-state index contributed by atoms with van der Waals surface area (Å²) in [6.07, 6.45) is 4.42. The Morgan fingerprint density at radius 3 is 2.57 bits per heavy atom. The fraction of sp³-hybridized carbons (Fsp3) is 0.0800. The van der Waals surface area contributed by atoms with Crippen molar-refractivity contribution in [2.24, 2.45) is 4.99 Å². The Kier molecular flexibility index (Phi) is 7.24. The highest BCUT2D eigenvalue weighted by Crippen LogP contribution is 2.24. The van der Waals surface area contributed by atoms with E-state index in [1.165, 1.54) is 18.2 Å². The van der Waals surface area contributed by atoms with E-state index < -0.39 is 17.8 Å². The number of hydrogen-bond donors (Lipinski definition) is 2. The highest BCUT2D eigenvalue weighted by molar-refractivity contribution is 6.45. The summed E-state index contributed by atoms with van der Waals surface area (Å²) < 4.78 is 5.16. The van der Waals surface area contributed by atoms with Crippen molar-refractivity contribution in [3.05, 3.63) is 102 Å². The first-order valence-corrected chi connectivity index (χ1v) is 10.5. The third-order valence-corrected chi connectivity index (χ3v) is 4.93. The molecule has 0 atom stereocenters. The second-order valence-corrected chi connectivity index (χ2v) is 7.26. The number of nitrogens with one attached hydrogen (secondary N) is 2. The Hall–Kier alpha value is -4.83. The van der Waals surface area contributed by atoms with Crippen LogP contribution < -0.4 is 20.7 Å². The van der Waals surface area contributed by atoms with Crippen molar-refractivity contribution in [3.8, 4) is 5.75 Å². The molecule has 176 valence electrons. The zero-order chi connectivity index (χ0) is 24.6. The third-order valence-electron chi connectivity index (χ3n) is 4.93. The van der Waals surface area contributed by atoms with Gasteiger partial charge in [-0.1, -0.05) is 29.9 Å². The fourth-order valence-electron chi connectivity index (χ4n) is 3.13. The molecule has 1 fully saturated rings. The van der Waals surface area contributed by atoms with E-state index in [4.69, 9.17) is 9.57 Å². The van der Waals surface area contributed by atoms with Crippen LogP contribution in [0.1, 0.15) is 15.9 Å². The number of pyridine rings is 1. The molecule has 0 bridgehead atoms. The van der Waals surface area contributed by atoms with E-state index in [-0.39, 0.29) is 18.0 Å². The van der Waals surface area contributed by atoms with E-state index in [1.807, 2.05) is 0 Å². The molecule has 0 saturated carbocycles. The molecule has 0 unspecified atom stereocenters. The Balaban J connectivity index is 1.66. The number of benzene rings is 2. The number of amides is 2. The molecule has 1 aromatic heterocycles. The molecule has 2 aromatic carbocycles. The normalized spacial score (nSPS) is 14.5. The van der Waals surface area contributed by atoms with Crippen LogP contribution in [0.15, 0.2) is 95.9 Å². The molecule has 0 spiro atoms. The standard InChI is InChI=1S/C25H21N5O5/c1-34-20-11-9-19(10-12-20)30-22(25(33)35-29-30)14-21(28-23(31)18-7-3-2-4-8-18)24(32)27-16-17-6-5-13-26-15-17/h2-15,29H,16H2,1H3,(H,27,32)/b22-14+,28-21?. The molecule has 3 aromatic rings. The summed E-state index contributed by atoms with van der Waals surface area (Å²) in [7, 11) is 1.54. The number of carbonyl (C=O) groups excluding carboxylic acids is 3. The zero-order valence-corrected chi connectivity index (χ0v) is 18.7. The summed E-state index contributed by atoms with van der Waals surface area (Å²) >= 11 is 0. The van der Waals surface area contributed by atoms with Crippen molar-refractivity contribution in [1.82, 2.24) is 15.9 Å². The summed E-state index contributed by atoms with van der Waals surface area (Å²) in [5, 5.41) is 4.03. The van der Waals surface area contributed by atoms with Gasteiger partial charge in [-0.25, -0.2) is 14.8 Å². The Labute approximate surface area is 200 Å². The van der Waals surface area contributed by atoms with Crippen LogP contribution in [-0.2, 0) is 21.0 Å². The van der Waals surface area contributed by atoms with Crippen LogP contribution >= 0.6 is 0 Å². The average molecular weight is 471 g/mol. The number of ether oxygens (including phenoxy) is 1. The van der Waals surface area contributed by atoms with Gasteiger partial charge in [-0.15, -0.1) is 0 Å². The molecule has 2 amide bonds. The van der Waals surface area contributed by atoms with Crippen LogP contribution in [-0.4, -0.2) is 35.6 Å². The zero-order valence-electron chi connectivity index (χ0n) is 18.7. The van der Waals surface area contributed by atoms with Gasteiger partial charge in [-0.05, 0) is 48.0 Å². The molecule has 2 N–H and O–H groups in total. The van der Waals surface area contributed by atoms with Crippen molar-refractivity contribution in [1.29, 1.82) is 0 Å². The smallest absolute Gasteiger partial charge is 0.376 e. The van der Waals surface area contributed by atoms with Crippen molar-refractivity contribution in [3.63, 3.8) is 0 Å². The number of hydrogen-bond acceptors (Lipinski definition) is 8. The van der Waals surface area contributed by atoms with E-state index in [0.717, 1.165) is 5.56 Å². The monoisotopic (exact) mass is 471 g/mol. The largest absolute Gasteiger partial charge is 0.497 e. The molecular formula is C25H21N5O5. The van der Waals surface area contributed by atoms with Gasteiger partial charge in [-0.2, -0.15) is 0 Å². The molecule has 4 rings (SSSR count). The second kappa shape index (κ2) is 10.9. The van der Waals surface area contributed by atoms with Gasteiger partial charge in [0.1, 0.15) is 11.5 Å².